The Morgan fingerprint density at radius 1 is 0.809 bits per heavy atom. The molecule has 47 heavy (non-hydrogen) atoms. The van der Waals surface area contributed by atoms with Crippen LogP contribution < -0.4 is 21.5 Å². The van der Waals surface area contributed by atoms with Gasteiger partial charge in [0.15, 0.2) is 0 Å². The van der Waals surface area contributed by atoms with Gasteiger partial charge in [-0.05, 0) is 121 Å². The standard InChI is InChI=1S/C43H44N4/c44-45-29-30-17-19-31(20-18-30)33-9-8-10-35(27-33)38-13-4-6-15-41(38)46-36-24-21-32(22-25-36)34-23-26-43-40(28-34)39-14-5-7-16-42(39)47(43)37-11-2-1-3-12-37/h1-3,5-7,10-12,14-21,24,26-27,34,40,45-46H,4,8-9,13,22-23,25,28-29,44H2. The van der Waals surface area contributed by atoms with Crippen LogP contribution in [-0.2, 0) is 6.54 Å². The van der Waals surface area contributed by atoms with E-state index >= 15 is 0 Å². The van der Waals surface area contributed by atoms with Gasteiger partial charge in [-0.25, -0.2) is 0 Å². The van der Waals surface area contributed by atoms with Gasteiger partial charge in [0.1, 0.15) is 0 Å². The Labute approximate surface area is 279 Å². The average molecular weight is 617 g/mol. The number of nitrogens with two attached hydrogens (primary N) is 1. The molecule has 0 fully saturated rings. The first-order chi connectivity index (χ1) is 23.2. The highest BCUT2D eigenvalue weighted by atomic mass is 15.2. The molecule has 1 heterocycles. The van der Waals surface area contributed by atoms with Crippen LogP contribution in [0.25, 0.3) is 5.57 Å². The van der Waals surface area contributed by atoms with Crippen molar-refractivity contribution < 1.29 is 0 Å². The molecule has 5 aliphatic rings. The van der Waals surface area contributed by atoms with Gasteiger partial charge in [0, 0.05) is 40.9 Å². The van der Waals surface area contributed by atoms with Crippen molar-refractivity contribution in [3.63, 3.8) is 0 Å². The van der Waals surface area contributed by atoms with Crippen molar-refractivity contribution in [1.29, 1.82) is 0 Å². The second-order valence-electron chi connectivity index (χ2n) is 13.4. The average Bonchev–Trinajstić information content (AvgIpc) is 3.47. The molecule has 4 heteroatoms. The van der Waals surface area contributed by atoms with E-state index in [4.69, 9.17) is 5.84 Å². The minimum absolute atomic E-state index is 0.456. The van der Waals surface area contributed by atoms with Crippen LogP contribution in [0.3, 0.4) is 0 Å². The van der Waals surface area contributed by atoms with Gasteiger partial charge in [0.25, 0.3) is 0 Å². The molecular weight excluding hydrogens is 573 g/mol. The minimum atomic E-state index is 0.456. The van der Waals surface area contributed by atoms with Crippen molar-refractivity contribution in [3.05, 3.63) is 172 Å². The number of benzene rings is 3. The van der Waals surface area contributed by atoms with Crippen LogP contribution in [0.5, 0.6) is 0 Å². The summed E-state index contributed by atoms with van der Waals surface area (Å²) in [5, 5.41) is 3.88. The molecule has 0 saturated carbocycles. The van der Waals surface area contributed by atoms with Crippen LogP contribution in [0, 0.1) is 5.92 Å². The number of para-hydroxylation sites is 2. The number of allylic oxidation sites excluding steroid dienone is 13. The molecule has 0 bridgehead atoms. The number of nitrogens with one attached hydrogen (secondary N) is 2. The summed E-state index contributed by atoms with van der Waals surface area (Å²) in [7, 11) is 0. The van der Waals surface area contributed by atoms with E-state index in [1.807, 2.05) is 0 Å². The normalized spacial score (nSPS) is 22.1. The third-order valence-electron chi connectivity index (χ3n) is 10.6. The van der Waals surface area contributed by atoms with Gasteiger partial charge in [-0.3, -0.25) is 11.3 Å². The van der Waals surface area contributed by atoms with Crippen molar-refractivity contribution in [1.82, 2.24) is 10.7 Å². The lowest BCUT2D eigenvalue weighted by atomic mass is 9.76. The molecule has 0 saturated heterocycles. The van der Waals surface area contributed by atoms with Gasteiger partial charge < -0.3 is 10.2 Å². The molecule has 4 N–H and O–H groups in total. The van der Waals surface area contributed by atoms with Crippen molar-refractivity contribution in [2.75, 3.05) is 4.90 Å². The molecule has 1 aliphatic heterocycles. The van der Waals surface area contributed by atoms with Crippen molar-refractivity contribution >= 4 is 16.9 Å². The summed E-state index contributed by atoms with van der Waals surface area (Å²) in [4.78, 5) is 2.49. The summed E-state index contributed by atoms with van der Waals surface area (Å²) in [5.74, 6) is 6.56. The van der Waals surface area contributed by atoms with Gasteiger partial charge in [-0.2, -0.15) is 0 Å². The molecule has 0 spiro atoms. The number of nitrogens with zero attached hydrogens (tertiary/aromatic N) is 1. The Morgan fingerprint density at radius 2 is 1.66 bits per heavy atom. The van der Waals surface area contributed by atoms with Crippen molar-refractivity contribution in [2.45, 2.75) is 63.8 Å². The summed E-state index contributed by atoms with van der Waals surface area (Å²) in [5.41, 5.74) is 19.2. The smallest absolute Gasteiger partial charge is 0.0497 e. The quantitative estimate of drug-likeness (QED) is 0.174. The number of fused-ring (bicyclic) bond motifs is 3. The van der Waals surface area contributed by atoms with E-state index < -0.39 is 0 Å². The molecule has 3 aromatic carbocycles. The zero-order valence-electron chi connectivity index (χ0n) is 27.1. The van der Waals surface area contributed by atoms with E-state index in [0.29, 0.717) is 18.4 Å². The van der Waals surface area contributed by atoms with E-state index in [2.05, 4.69) is 137 Å². The van der Waals surface area contributed by atoms with Gasteiger partial charge in [0.05, 0.1) is 0 Å². The van der Waals surface area contributed by atoms with E-state index in [-0.39, 0.29) is 0 Å². The van der Waals surface area contributed by atoms with E-state index in [0.717, 1.165) is 44.9 Å². The summed E-state index contributed by atoms with van der Waals surface area (Å²) < 4.78 is 0. The molecule has 2 unspecified atom stereocenters. The lowest BCUT2D eigenvalue weighted by molar-refractivity contribution is 0.484. The van der Waals surface area contributed by atoms with E-state index in [1.165, 1.54) is 68.3 Å². The first kappa shape index (κ1) is 29.7. The van der Waals surface area contributed by atoms with Gasteiger partial charge in [-0.15, -0.1) is 0 Å². The summed E-state index contributed by atoms with van der Waals surface area (Å²) in [6, 6.07) is 28.7. The molecule has 236 valence electrons. The SMILES string of the molecule is NNCc1ccc(C2=CC(C3=C(NC4=CC=C(C5CC=C6C(C5)c5ccccc5N6c5ccccc5)CC4)C=CCC3)=CCC2)cc1. The monoisotopic (exact) mass is 616 g/mol. The molecule has 2 atom stereocenters. The zero-order chi connectivity index (χ0) is 31.6. The summed E-state index contributed by atoms with van der Waals surface area (Å²) in [6.07, 6.45) is 25.6. The molecule has 4 nitrogen and oxygen atoms in total. The topological polar surface area (TPSA) is 53.3 Å². The number of anilines is 2. The predicted molar refractivity (Wildman–Crippen MR) is 195 cm³/mol. The van der Waals surface area contributed by atoms with Crippen LogP contribution in [0.2, 0.25) is 0 Å². The molecule has 4 aliphatic carbocycles. The summed E-state index contributed by atoms with van der Waals surface area (Å²) >= 11 is 0. The fourth-order valence-electron chi connectivity index (χ4n) is 8.18. The third-order valence-corrected chi connectivity index (χ3v) is 10.6. The Kier molecular flexibility index (Phi) is 8.37. The highest BCUT2D eigenvalue weighted by Gasteiger charge is 2.38. The Bertz CT molecular complexity index is 1870. The first-order valence-electron chi connectivity index (χ1n) is 17.4. The first-order valence-corrected chi connectivity index (χ1v) is 17.4. The molecule has 0 radical (unpaired) electrons. The number of hydrazine groups is 1. The van der Waals surface area contributed by atoms with E-state index in [9.17, 15) is 0 Å². The maximum atomic E-state index is 5.52. The lowest BCUT2D eigenvalue weighted by Gasteiger charge is -2.32. The zero-order valence-corrected chi connectivity index (χ0v) is 27.1. The van der Waals surface area contributed by atoms with Crippen LogP contribution in [-0.4, -0.2) is 0 Å². The molecule has 8 rings (SSSR count). The van der Waals surface area contributed by atoms with Crippen molar-refractivity contribution in [3.8, 4) is 0 Å². The maximum absolute atomic E-state index is 5.52. The largest absolute Gasteiger partial charge is 0.359 e. The second-order valence-corrected chi connectivity index (χ2v) is 13.4. The minimum Gasteiger partial charge on any atom is -0.359 e. The Morgan fingerprint density at radius 3 is 2.49 bits per heavy atom. The fourth-order valence-corrected chi connectivity index (χ4v) is 8.18. The van der Waals surface area contributed by atoms with Crippen LogP contribution in [0.4, 0.5) is 11.4 Å². The van der Waals surface area contributed by atoms with Crippen molar-refractivity contribution in [2.24, 2.45) is 11.8 Å². The highest BCUT2D eigenvalue weighted by molar-refractivity contribution is 5.78. The maximum Gasteiger partial charge on any atom is 0.0497 e. The Balaban J connectivity index is 0.996. The predicted octanol–water partition coefficient (Wildman–Crippen LogP) is 9.78. The van der Waals surface area contributed by atoms with E-state index in [1.54, 1.807) is 5.57 Å². The number of hydrogen-bond acceptors (Lipinski definition) is 4. The molecular formula is C43H44N4. The van der Waals surface area contributed by atoms with Crippen LogP contribution >= 0.6 is 0 Å². The number of rotatable bonds is 8. The molecule has 0 amide bonds. The lowest BCUT2D eigenvalue weighted by Crippen LogP contribution is -2.22. The Hall–Kier alpha value is -4.64. The van der Waals surface area contributed by atoms with Crippen LogP contribution in [0.15, 0.2) is 155 Å². The van der Waals surface area contributed by atoms with Crippen LogP contribution in [0.1, 0.15) is 74.0 Å². The molecule has 0 aromatic heterocycles. The van der Waals surface area contributed by atoms with Gasteiger partial charge >= 0.3 is 0 Å². The fraction of sp³-hybridized carbons (Fsp3) is 0.256. The second kappa shape index (κ2) is 13.2. The number of hydrogen-bond donors (Lipinski definition) is 3. The summed E-state index contributed by atoms with van der Waals surface area (Å²) in [6.45, 7) is 0.687. The van der Waals surface area contributed by atoms with Gasteiger partial charge in [-0.1, -0.05) is 96.6 Å². The van der Waals surface area contributed by atoms with Gasteiger partial charge in [0.2, 0.25) is 0 Å². The third kappa shape index (κ3) is 6.00. The molecule has 3 aromatic rings. The highest BCUT2D eigenvalue weighted by Crippen LogP contribution is 2.53.